The maximum absolute atomic E-state index is 13.5. The maximum atomic E-state index is 13.5. The lowest BCUT2D eigenvalue weighted by molar-refractivity contribution is -0.274. The first kappa shape index (κ1) is 24.2. The van der Waals surface area contributed by atoms with Crippen LogP contribution in [0, 0.1) is 5.82 Å². The highest BCUT2D eigenvalue weighted by Gasteiger charge is 2.33. The molecule has 184 valence electrons. The highest BCUT2D eigenvalue weighted by atomic mass is 19.4. The molecule has 4 rings (SSSR count). The molecule has 2 aromatic carbocycles. The number of nitrogens with zero attached hydrogens (tertiary/aromatic N) is 4. The van der Waals surface area contributed by atoms with Crippen LogP contribution in [0.2, 0.25) is 0 Å². The summed E-state index contributed by atoms with van der Waals surface area (Å²) in [6, 6.07) is 10.7. The Morgan fingerprint density at radius 1 is 1.03 bits per heavy atom. The van der Waals surface area contributed by atoms with Crippen LogP contribution < -0.4 is 16.0 Å². The average molecular weight is 492 g/mol. The quantitative estimate of drug-likeness (QED) is 0.401. The summed E-state index contributed by atoms with van der Waals surface area (Å²) in [4.78, 5) is 30.5. The minimum absolute atomic E-state index is 0.0359. The van der Waals surface area contributed by atoms with Crippen molar-refractivity contribution < 1.29 is 27.4 Å². The lowest BCUT2D eigenvalue weighted by Gasteiger charge is -2.15. The summed E-state index contributed by atoms with van der Waals surface area (Å²) in [6.45, 7) is -0.376. The summed E-state index contributed by atoms with van der Waals surface area (Å²) in [6.07, 6.45) is -4.84. The molecule has 4 aromatic rings. The predicted molar refractivity (Wildman–Crippen MR) is 119 cm³/mol. The first-order valence-corrected chi connectivity index (χ1v) is 10.5. The number of aliphatic hydroxyl groups is 1. The number of hydrogen-bond acceptors (Lipinski definition) is 5. The molecule has 8 nitrogen and oxygen atoms in total. The summed E-state index contributed by atoms with van der Waals surface area (Å²) in [7, 11) is 1.39. The highest BCUT2D eigenvalue weighted by molar-refractivity contribution is 5.79. The van der Waals surface area contributed by atoms with Gasteiger partial charge in [0, 0.05) is 26.7 Å². The Labute approximate surface area is 195 Å². The van der Waals surface area contributed by atoms with Gasteiger partial charge in [0.15, 0.2) is 11.2 Å². The van der Waals surface area contributed by atoms with E-state index in [2.05, 4.69) is 9.72 Å². The fourth-order valence-corrected chi connectivity index (χ4v) is 3.79. The molecule has 0 saturated carbocycles. The Hall–Kier alpha value is -3.93. The van der Waals surface area contributed by atoms with Crippen molar-refractivity contribution in [1.82, 2.24) is 18.7 Å². The summed E-state index contributed by atoms with van der Waals surface area (Å²) < 4.78 is 60.3. The smallest absolute Gasteiger partial charge is 0.405 e. The number of hydrogen-bond donors (Lipinski definition) is 1. The predicted octanol–water partition coefficient (Wildman–Crippen LogP) is 3.03. The van der Waals surface area contributed by atoms with Gasteiger partial charge in [-0.25, -0.2) is 14.2 Å². The fourth-order valence-electron chi connectivity index (χ4n) is 3.79. The second-order valence-electron chi connectivity index (χ2n) is 7.74. The number of fused-ring (bicyclic) bond motifs is 1. The van der Waals surface area contributed by atoms with Crippen molar-refractivity contribution in [3.05, 3.63) is 80.7 Å². The number of para-hydroxylation sites is 1. The molecule has 0 saturated heterocycles. The molecule has 0 radical (unpaired) electrons. The standard InChI is InChI=1S/C23H20F4N4O4/c1-29-20-18(21(33)30(22(29)34)11-4-12-32)31(13-14-7-9-15(24)10-8-14)19(28-20)16-5-2-3-6-17(16)35-23(25,26)27/h2-3,5-10,32H,4,11-13H2,1H3. The first-order valence-electron chi connectivity index (χ1n) is 10.5. The number of ether oxygens (including phenoxy) is 1. The number of aliphatic hydroxyl groups excluding tert-OH is 1. The number of aryl methyl sites for hydroxylation is 1. The Kier molecular flexibility index (Phi) is 6.48. The molecule has 2 aromatic heterocycles. The van der Waals surface area contributed by atoms with E-state index in [9.17, 15) is 27.2 Å². The molecular weight excluding hydrogens is 472 g/mol. The van der Waals surface area contributed by atoms with Gasteiger partial charge < -0.3 is 14.4 Å². The van der Waals surface area contributed by atoms with Crippen LogP contribution in [0.5, 0.6) is 5.75 Å². The third-order valence-electron chi connectivity index (χ3n) is 5.38. The first-order chi connectivity index (χ1) is 16.6. The molecule has 0 aliphatic carbocycles. The molecule has 1 N–H and O–H groups in total. The van der Waals surface area contributed by atoms with Crippen LogP contribution in [-0.4, -0.2) is 36.8 Å². The van der Waals surface area contributed by atoms with Crippen molar-refractivity contribution in [2.24, 2.45) is 7.05 Å². The number of halogens is 4. The second kappa shape index (κ2) is 9.37. The van der Waals surface area contributed by atoms with Crippen LogP contribution in [-0.2, 0) is 20.1 Å². The third kappa shape index (κ3) is 4.83. The Balaban J connectivity index is 2.03. The Morgan fingerprint density at radius 2 is 1.71 bits per heavy atom. The van der Waals surface area contributed by atoms with E-state index in [0.29, 0.717) is 5.56 Å². The molecule has 0 unspecified atom stereocenters. The van der Waals surface area contributed by atoms with Crippen LogP contribution in [0.3, 0.4) is 0 Å². The summed E-state index contributed by atoms with van der Waals surface area (Å²) in [5, 5.41) is 9.16. The molecular formula is C23H20F4N4O4. The van der Waals surface area contributed by atoms with E-state index < -0.39 is 29.2 Å². The third-order valence-corrected chi connectivity index (χ3v) is 5.38. The average Bonchev–Trinajstić information content (AvgIpc) is 3.17. The van der Waals surface area contributed by atoms with Crippen LogP contribution in [0.15, 0.2) is 58.1 Å². The topological polar surface area (TPSA) is 91.3 Å². The van der Waals surface area contributed by atoms with Crippen LogP contribution in [0.4, 0.5) is 17.6 Å². The van der Waals surface area contributed by atoms with Gasteiger partial charge in [-0.15, -0.1) is 13.2 Å². The van der Waals surface area contributed by atoms with E-state index >= 15 is 0 Å². The van der Waals surface area contributed by atoms with Crippen LogP contribution in [0.25, 0.3) is 22.6 Å². The lowest BCUT2D eigenvalue weighted by atomic mass is 10.1. The number of rotatable bonds is 7. The summed E-state index contributed by atoms with van der Waals surface area (Å²) >= 11 is 0. The van der Waals surface area contributed by atoms with Gasteiger partial charge in [-0.3, -0.25) is 13.9 Å². The van der Waals surface area contributed by atoms with Gasteiger partial charge in [0.05, 0.1) is 5.56 Å². The number of alkyl halides is 3. The van der Waals surface area contributed by atoms with Crippen LogP contribution in [0.1, 0.15) is 12.0 Å². The molecule has 0 aliphatic rings. The Bertz CT molecular complexity index is 1490. The SMILES string of the molecule is Cn1c(=O)n(CCCO)c(=O)c2c1nc(-c1ccccc1OC(F)(F)F)n2Cc1ccc(F)cc1. The molecule has 0 bridgehead atoms. The number of benzene rings is 2. The van der Waals surface area contributed by atoms with E-state index in [1.807, 2.05) is 0 Å². The van der Waals surface area contributed by atoms with Gasteiger partial charge in [0.25, 0.3) is 5.56 Å². The summed E-state index contributed by atoms with van der Waals surface area (Å²) in [5.74, 6) is -1.07. The lowest BCUT2D eigenvalue weighted by Crippen LogP contribution is -2.39. The normalized spacial score (nSPS) is 11.8. The van der Waals surface area contributed by atoms with Gasteiger partial charge >= 0.3 is 12.1 Å². The molecule has 0 amide bonds. The van der Waals surface area contributed by atoms with Gasteiger partial charge in [-0.05, 0) is 36.2 Å². The zero-order chi connectivity index (χ0) is 25.3. The van der Waals surface area contributed by atoms with Crippen molar-refractivity contribution >= 4 is 11.2 Å². The van der Waals surface area contributed by atoms with Gasteiger partial charge in [-0.2, -0.15) is 0 Å². The molecule has 0 atom stereocenters. The van der Waals surface area contributed by atoms with E-state index in [4.69, 9.17) is 5.11 Å². The monoisotopic (exact) mass is 492 g/mol. The molecule has 35 heavy (non-hydrogen) atoms. The second-order valence-corrected chi connectivity index (χ2v) is 7.74. The zero-order valence-electron chi connectivity index (χ0n) is 18.4. The van der Waals surface area contributed by atoms with Crippen molar-refractivity contribution in [2.45, 2.75) is 25.9 Å². The minimum Gasteiger partial charge on any atom is -0.405 e. The van der Waals surface area contributed by atoms with Gasteiger partial charge in [0.2, 0.25) is 0 Å². The highest BCUT2D eigenvalue weighted by Crippen LogP contribution is 2.34. The molecule has 0 spiro atoms. The van der Waals surface area contributed by atoms with Crippen molar-refractivity contribution in [2.75, 3.05) is 6.61 Å². The van der Waals surface area contributed by atoms with Crippen LogP contribution >= 0.6 is 0 Å². The van der Waals surface area contributed by atoms with Gasteiger partial charge in [0.1, 0.15) is 17.4 Å². The minimum atomic E-state index is -4.98. The number of imidazole rings is 1. The van der Waals surface area contributed by atoms with Gasteiger partial charge in [-0.1, -0.05) is 24.3 Å². The largest absolute Gasteiger partial charge is 0.573 e. The fraction of sp³-hybridized carbons (Fsp3) is 0.261. The van der Waals surface area contributed by atoms with Crippen molar-refractivity contribution in [1.29, 1.82) is 0 Å². The van der Waals surface area contributed by atoms with Crippen molar-refractivity contribution in [3.63, 3.8) is 0 Å². The summed E-state index contributed by atoms with van der Waals surface area (Å²) in [5.41, 5.74) is -1.00. The van der Waals surface area contributed by atoms with Crippen molar-refractivity contribution in [3.8, 4) is 17.1 Å². The number of aromatic nitrogens is 4. The van der Waals surface area contributed by atoms with E-state index in [-0.39, 0.29) is 48.7 Å². The molecule has 0 aliphatic heterocycles. The maximum Gasteiger partial charge on any atom is 0.573 e. The Morgan fingerprint density at radius 3 is 2.37 bits per heavy atom. The van der Waals surface area contributed by atoms with E-state index in [1.165, 1.54) is 54.1 Å². The molecule has 0 fully saturated rings. The van der Waals surface area contributed by atoms with E-state index in [0.717, 1.165) is 15.2 Å². The molecule has 2 heterocycles. The zero-order valence-corrected chi connectivity index (χ0v) is 18.4. The molecule has 12 heteroatoms. The van der Waals surface area contributed by atoms with E-state index in [1.54, 1.807) is 0 Å².